The minimum Gasteiger partial charge on any atom is -0.464 e. The predicted molar refractivity (Wildman–Crippen MR) is 102 cm³/mol. The molecule has 0 bridgehead atoms. The number of amides is 2. The largest absolute Gasteiger partial charge is 0.464 e. The Morgan fingerprint density at radius 1 is 1.21 bits per heavy atom. The molecule has 2 N–H and O–H groups in total. The molecule has 0 unspecified atom stereocenters. The fraction of sp³-hybridized carbons (Fsp3) is 0.737. The molecule has 1 heterocycles. The van der Waals surface area contributed by atoms with Gasteiger partial charge in [-0.3, -0.25) is 10.1 Å². The first-order valence-electron chi connectivity index (χ1n) is 9.91. The van der Waals surface area contributed by atoms with Crippen LogP contribution in [0.1, 0.15) is 72.0 Å². The standard InChI is InChI=1S/C19H30N4O6/c1-6-12-20-16(23-29-12)19(10-8-9-11-19)22-14(24)13(15(25)27-7-2)21-17(26)28-18(3,4)5/h13H,6-11H2,1-5H3,(H,21,26)(H,22,24)/t13-/m1/s1. The number of nitrogens with one attached hydrogen (secondary N) is 2. The summed E-state index contributed by atoms with van der Waals surface area (Å²) in [7, 11) is 0. The van der Waals surface area contributed by atoms with Gasteiger partial charge >= 0.3 is 12.1 Å². The van der Waals surface area contributed by atoms with Gasteiger partial charge in [0.05, 0.1) is 6.61 Å². The average Bonchev–Trinajstić information content (AvgIpc) is 3.28. The molecule has 162 valence electrons. The number of hydrogen-bond donors (Lipinski definition) is 2. The zero-order chi connectivity index (χ0) is 21.7. The zero-order valence-electron chi connectivity index (χ0n) is 17.7. The summed E-state index contributed by atoms with van der Waals surface area (Å²) in [4.78, 5) is 41.9. The van der Waals surface area contributed by atoms with Crippen molar-refractivity contribution in [3.63, 3.8) is 0 Å². The molecule has 1 atom stereocenters. The van der Waals surface area contributed by atoms with E-state index in [9.17, 15) is 14.4 Å². The molecule has 10 heteroatoms. The van der Waals surface area contributed by atoms with Gasteiger partial charge in [0.2, 0.25) is 11.9 Å². The molecule has 2 rings (SSSR count). The number of carbonyl (C=O) groups excluding carboxylic acids is 3. The predicted octanol–water partition coefficient (Wildman–Crippen LogP) is 1.97. The number of aromatic nitrogens is 2. The number of esters is 1. The van der Waals surface area contributed by atoms with E-state index in [1.807, 2.05) is 6.92 Å². The number of nitrogens with zero attached hydrogens (tertiary/aromatic N) is 2. The monoisotopic (exact) mass is 410 g/mol. The topological polar surface area (TPSA) is 133 Å². The average molecular weight is 410 g/mol. The summed E-state index contributed by atoms with van der Waals surface area (Å²) < 4.78 is 15.3. The number of hydrogen-bond acceptors (Lipinski definition) is 8. The minimum atomic E-state index is -1.56. The van der Waals surface area contributed by atoms with Crippen molar-refractivity contribution >= 4 is 18.0 Å². The maximum Gasteiger partial charge on any atom is 0.408 e. The van der Waals surface area contributed by atoms with Gasteiger partial charge in [0.1, 0.15) is 11.1 Å². The number of rotatable bonds is 7. The van der Waals surface area contributed by atoms with Gasteiger partial charge in [0.25, 0.3) is 5.91 Å². The smallest absolute Gasteiger partial charge is 0.408 e. The number of aryl methyl sites for hydroxylation is 1. The van der Waals surface area contributed by atoms with Gasteiger partial charge in [-0.1, -0.05) is 24.9 Å². The van der Waals surface area contributed by atoms with Crippen LogP contribution in [-0.2, 0) is 31.0 Å². The van der Waals surface area contributed by atoms with Gasteiger partial charge in [-0.15, -0.1) is 0 Å². The molecule has 0 spiro atoms. The van der Waals surface area contributed by atoms with Crippen molar-refractivity contribution in [1.29, 1.82) is 0 Å². The van der Waals surface area contributed by atoms with Gasteiger partial charge in [-0.25, -0.2) is 9.59 Å². The first-order chi connectivity index (χ1) is 13.6. The molecular weight excluding hydrogens is 380 g/mol. The molecule has 29 heavy (non-hydrogen) atoms. The summed E-state index contributed by atoms with van der Waals surface area (Å²) in [6.45, 7) is 8.61. The number of carbonyl (C=O) groups is 3. The van der Waals surface area contributed by atoms with Crippen LogP contribution in [0.3, 0.4) is 0 Å². The summed E-state index contributed by atoms with van der Waals surface area (Å²) >= 11 is 0. The molecule has 1 aliphatic rings. The van der Waals surface area contributed by atoms with Gasteiger partial charge in [0.15, 0.2) is 5.82 Å². The summed E-state index contributed by atoms with van der Waals surface area (Å²) in [5.74, 6) is -0.736. The highest BCUT2D eigenvalue weighted by Crippen LogP contribution is 2.37. The summed E-state index contributed by atoms with van der Waals surface area (Å²) in [6.07, 6.45) is 2.61. The quantitative estimate of drug-likeness (QED) is 0.515. The highest BCUT2D eigenvalue weighted by molar-refractivity contribution is 6.04. The van der Waals surface area contributed by atoms with Gasteiger partial charge in [-0.05, 0) is 40.5 Å². The van der Waals surface area contributed by atoms with Crippen LogP contribution >= 0.6 is 0 Å². The second-order valence-electron chi connectivity index (χ2n) is 7.98. The molecule has 1 fully saturated rings. The Bertz CT molecular complexity index is 733. The van der Waals surface area contributed by atoms with Crippen molar-refractivity contribution in [1.82, 2.24) is 20.8 Å². The fourth-order valence-corrected chi connectivity index (χ4v) is 3.17. The first kappa shape index (κ1) is 22.6. The van der Waals surface area contributed by atoms with Crippen molar-refractivity contribution in [2.45, 2.75) is 83.9 Å². The molecule has 0 aliphatic heterocycles. The molecule has 2 amide bonds. The van der Waals surface area contributed by atoms with Crippen LogP contribution in [0.25, 0.3) is 0 Å². The van der Waals surface area contributed by atoms with E-state index in [1.165, 1.54) is 0 Å². The SMILES string of the molecule is CCOC(=O)[C@H](NC(=O)OC(C)(C)C)C(=O)NC1(c2noc(CC)n2)CCCC1. The van der Waals surface area contributed by atoms with Crippen LogP contribution in [0.4, 0.5) is 4.79 Å². The van der Waals surface area contributed by atoms with E-state index >= 15 is 0 Å². The van der Waals surface area contributed by atoms with E-state index in [1.54, 1.807) is 27.7 Å². The molecule has 0 saturated heterocycles. The Kier molecular flexibility index (Phi) is 7.21. The van der Waals surface area contributed by atoms with E-state index in [4.69, 9.17) is 14.0 Å². The zero-order valence-corrected chi connectivity index (χ0v) is 17.7. The molecule has 0 aromatic carbocycles. The van der Waals surface area contributed by atoms with E-state index in [2.05, 4.69) is 20.8 Å². The van der Waals surface area contributed by atoms with Crippen LogP contribution in [0, 0.1) is 0 Å². The molecule has 10 nitrogen and oxygen atoms in total. The number of alkyl carbamates (subject to hydrolysis) is 1. The summed E-state index contributed by atoms with van der Waals surface area (Å²) in [5, 5.41) is 9.18. The maximum absolute atomic E-state index is 13.0. The second-order valence-corrected chi connectivity index (χ2v) is 7.98. The van der Waals surface area contributed by atoms with Gasteiger partial charge in [-0.2, -0.15) is 4.98 Å². The van der Waals surface area contributed by atoms with Crippen molar-refractivity contribution in [3.05, 3.63) is 11.7 Å². The Morgan fingerprint density at radius 2 is 1.86 bits per heavy atom. The molecule has 1 saturated carbocycles. The fourth-order valence-electron chi connectivity index (χ4n) is 3.17. The highest BCUT2D eigenvalue weighted by atomic mass is 16.6. The van der Waals surface area contributed by atoms with Crippen LogP contribution in [-0.4, -0.2) is 46.4 Å². The summed E-state index contributed by atoms with van der Waals surface area (Å²) in [5.41, 5.74) is -1.64. The van der Waals surface area contributed by atoms with Crippen LogP contribution < -0.4 is 10.6 Å². The molecule has 1 aromatic rings. The van der Waals surface area contributed by atoms with Crippen molar-refractivity contribution in [3.8, 4) is 0 Å². The Morgan fingerprint density at radius 3 is 2.38 bits per heavy atom. The van der Waals surface area contributed by atoms with Crippen LogP contribution in [0.15, 0.2) is 4.52 Å². The maximum atomic E-state index is 13.0. The summed E-state index contributed by atoms with van der Waals surface area (Å²) in [6, 6.07) is -1.56. The third-order valence-corrected chi connectivity index (χ3v) is 4.46. The minimum absolute atomic E-state index is 0.0639. The Hall–Kier alpha value is -2.65. The van der Waals surface area contributed by atoms with Crippen LogP contribution in [0.2, 0.25) is 0 Å². The lowest BCUT2D eigenvalue weighted by Gasteiger charge is -2.29. The lowest BCUT2D eigenvalue weighted by atomic mass is 9.96. The first-order valence-corrected chi connectivity index (χ1v) is 9.91. The van der Waals surface area contributed by atoms with Gasteiger partial charge in [0, 0.05) is 6.42 Å². The second kappa shape index (κ2) is 9.23. The third kappa shape index (κ3) is 5.91. The van der Waals surface area contributed by atoms with Crippen LogP contribution in [0.5, 0.6) is 0 Å². The van der Waals surface area contributed by atoms with Crippen molar-refractivity contribution in [2.24, 2.45) is 0 Å². The van der Waals surface area contributed by atoms with E-state index in [-0.39, 0.29) is 6.61 Å². The molecule has 1 aromatic heterocycles. The normalized spacial score (nSPS) is 16.7. The molecular formula is C19H30N4O6. The van der Waals surface area contributed by atoms with Gasteiger partial charge < -0.3 is 19.3 Å². The highest BCUT2D eigenvalue weighted by Gasteiger charge is 2.44. The van der Waals surface area contributed by atoms with Crippen molar-refractivity contribution in [2.75, 3.05) is 6.61 Å². The Balaban J connectivity index is 2.22. The van der Waals surface area contributed by atoms with Crippen molar-refractivity contribution < 1.29 is 28.4 Å². The third-order valence-electron chi connectivity index (χ3n) is 4.46. The van der Waals surface area contributed by atoms with E-state index < -0.39 is 35.2 Å². The lowest BCUT2D eigenvalue weighted by Crippen LogP contribution is -2.57. The number of ether oxygens (including phenoxy) is 2. The van der Waals surface area contributed by atoms with E-state index in [0.29, 0.717) is 31.0 Å². The lowest BCUT2D eigenvalue weighted by molar-refractivity contribution is -0.149. The van der Waals surface area contributed by atoms with E-state index in [0.717, 1.165) is 12.8 Å². The Labute approximate surface area is 170 Å². The molecule has 1 aliphatic carbocycles. The molecule has 0 radical (unpaired) electrons.